The van der Waals surface area contributed by atoms with Crippen LogP contribution >= 0.6 is 0 Å². The summed E-state index contributed by atoms with van der Waals surface area (Å²) < 4.78 is 22.7. The minimum Gasteiger partial charge on any atom is -0.459 e. The molecule has 0 aromatic rings. The molecule has 0 unspecified atom stereocenters. The quantitative estimate of drug-likeness (QED) is 0.287. The van der Waals surface area contributed by atoms with Gasteiger partial charge < -0.3 is 34.3 Å². The molecule has 4 rings (SSSR count). The maximum atomic E-state index is 12.7. The van der Waals surface area contributed by atoms with Crippen LogP contribution in [0.3, 0.4) is 0 Å². The summed E-state index contributed by atoms with van der Waals surface area (Å²) in [4.78, 5) is 36.8. The average Bonchev–Trinajstić information content (AvgIpc) is 3.53. The van der Waals surface area contributed by atoms with Crippen LogP contribution in [-0.2, 0) is 33.3 Å². The van der Waals surface area contributed by atoms with Gasteiger partial charge in [-0.2, -0.15) is 0 Å². The second-order valence-electron chi connectivity index (χ2n) is 10.0. The van der Waals surface area contributed by atoms with Crippen LogP contribution in [0, 0.1) is 23.2 Å². The van der Waals surface area contributed by atoms with Gasteiger partial charge in [-0.15, -0.1) is 0 Å². The number of aliphatic hydroxyl groups excluding tert-OH is 2. The molecule has 11 atom stereocenters. The molecule has 10 nitrogen and oxygen atoms in total. The van der Waals surface area contributed by atoms with Gasteiger partial charge in [0.1, 0.15) is 18.3 Å². The van der Waals surface area contributed by atoms with Crippen LogP contribution < -0.4 is 0 Å². The fraction of sp³-hybridized carbons (Fsp3) is 0.708. The van der Waals surface area contributed by atoms with E-state index in [1.54, 1.807) is 13.8 Å². The van der Waals surface area contributed by atoms with E-state index in [-0.39, 0.29) is 0 Å². The van der Waals surface area contributed by atoms with Crippen molar-refractivity contribution in [1.29, 1.82) is 0 Å². The summed E-state index contributed by atoms with van der Waals surface area (Å²) in [7, 11) is 0. The Morgan fingerprint density at radius 2 is 1.82 bits per heavy atom. The van der Waals surface area contributed by atoms with Crippen LogP contribution in [0.25, 0.3) is 0 Å². The van der Waals surface area contributed by atoms with Gasteiger partial charge in [0.2, 0.25) is 0 Å². The lowest BCUT2D eigenvalue weighted by Crippen LogP contribution is -2.66. The van der Waals surface area contributed by atoms with E-state index in [4.69, 9.17) is 18.9 Å². The van der Waals surface area contributed by atoms with Crippen molar-refractivity contribution >= 4 is 17.9 Å². The predicted molar refractivity (Wildman–Crippen MR) is 115 cm³/mol. The molecule has 2 saturated heterocycles. The second kappa shape index (κ2) is 8.44. The standard InChI is InChI=1S/C24H32O10/c1-10-17-20(32-13(4)27)24(30)11(2)22(29)33-16(24)8-14(9-25)6-7-15(28)23(17,5)21-19(34-21)18(10)31-12(3)26/h6-8,10-11,15-21,25,28,30H,9H2,1-5H3/b7-6+,14-8+/t10-,11+,15+,16+,17-,18-,19+,20+,21+,23-,24-/m1/s1. The van der Waals surface area contributed by atoms with Gasteiger partial charge in [0, 0.05) is 31.1 Å². The Labute approximate surface area is 197 Å². The zero-order chi connectivity index (χ0) is 25.2. The topological polar surface area (TPSA) is 152 Å². The highest BCUT2D eigenvalue weighted by atomic mass is 16.6. The molecule has 2 aliphatic carbocycles. The molecule has 0 spiro atoms. The predicted octanol–water partition coefficient (Wildman–Crippen LogP) is 0.0314. The van der Waals surface area contributed by atoms with E-state index in [9.17, 15) is 29.7 Å². The lowest BCUT2D eigenvalue weighted by molar-refractivity contribution is -0.216. The molecule has 0 amide bonds. The second-order valence-corrected chi connectivity index (χ2v) is 10.0. The Kier molecular flexibility index (Phi) is 6.17. The molecule has 0 aromatic carbocycles. The number of esters is 3. The van der Waals surface area contributed by atoms with Gasteiger partial charge in [0.05, 0.1) is 24.7 Å². The number of ether oxygens (including phenoxy) is 4. The fourth-order valence-electron chi connectivity index (χ4n) is 6.21. The van der Waals surface area contributed by atoms with Crippen molar-refractivity contribution in [1.82, 2.24) is 0 Å². The van der Waals surface area contributed by atoms with Crippen molar-refractivity contribution in [3.63, 3.8) is 0 Å². The first-order chi connectivity index (χ1) is 15.9. The summed E-state index contributed by atoms with van der Waals surface area (Å²) in [6.07, 6.45) is -1.07. The Morgan fingerprint density at radius 3 is 2.41 bits per heavy atom. The van der Waals surface area contributed by atoms with E-state index in [0.717, 1.165) is 0 Å². The number of aliphatic hydroxyl groups is 3. The molecule has 0 radical (unpaired) electrons. The lowest BCUT2D eigenvalue weighted by Gasteiger charge is -2.53. The SMILES string of the molecule is CC(=O)O[C@@H]1[C@H](C)[C@@H]2[C@H](OC(C)=O)[C@]3(O)[C@H](/C=C(CO)\C=C\[C@H](O)[C@@]2(C)[C@H]2O[C@@H]12)OC(=O)[C@@H]3C. The number of carbonyl (C=O) groups excluding carboxylic acids is 3. The van der Waals surface area contributed by atoms with E-state index in [2.05, 4.69) is 0 Å². The summed E-state index contributed by atoms with van der Waals surface area (Å²) >= 11 is 0. The first-order valence-corrected chi connectivity index (χ1v) is 11.5. The summed E-state index contributed by atoms with van der Waals surface area (Å²) in [5, 5.41) is 33.3. The first-order valence-electron chi connectivity index (χ1n) is 11.5. The van der Waals surface area contributed by atoms with Gasteiger partial charge in [-0.1, -0.05) is 26.0 Å². The molecule has 1 saturated carbocycles. The normalized spacial score (nSPS) is 49.8. The van der Waals surface area contributed by atoms with Crippen LogP contribution in [0.1, 0.15) is 34.6 Å². The molecule has 0 bridgehead atoms. The van der Waals surface area contributed by atoms with E-state index in [1.165, 1.54) is 39.0 Å². The first kappa shape index (κ1) is 24.8. The number of hydrogen-bond donors (Lipinski definition) is 3. The van der Waals surface area contributed by atoms with Crippen molar-refractivity contribution in [2.24, 2.45) is 23.2 Å². The highest BCUT2D eigenvalue weighted by Gasteiger charge is 2.74. The monoisotopic (exact) mass is 480 g/mol. The largest absolute Gasteiger partial charge is 0.459 e. The molecule has 0 aromatic heterocycles. The maximum Gasteiger partial charge on any atom is 0.312 e. The summed E-state index contributed by atoms with van der Waals surface area (Å²) in [5.74, 6) is -4.35. The number of hydrogen-bond acceptors (Lipinski definition) is 10. The highest BCUT2D eigenvalue weighted by Crippen LogP contribution is 2.61. The minimum absolute atomic E-state index is 0.308. The molecule has 4 aliphatic rings. The van der Waals surface area contributed by atoms with Crippen LogP contribution in [0.15, 0.2) is 23.8 Å². The van der Waals surface area contributed by atoms with Crippen molar-refractivity contribution in [2.45, 2.75) is 76.8 Å². The number of epoxide rings is 1. The maximum absolute atomic E-state index is 12.7. The third-order valence-electron chi connectivity index (χ3n) is 8.07. The van der Waals surface area contributed by atoms with Gasteiger partial charge in [0.15, 0.2) is 11.7 Å². The summed E-state index contributed by atoms with van der Waals surface area (Å²) in [6, 6.07) is 0. The molecule has 3 N–H and O–H groups in total. The zero-order valence-electron chi connectivity index (χ0n) is 19.8. The van der Waals surface area contributed by atoms with Crippen molar-refractivity contribution in [2.75, 3.05) is 6.61 Å². The van der Waals surface area contributed by atoms with Crippen LogP contribution in [-0.4, -0.2) is 82.1 Å². The third kappa shape index (κ3) is 3.59. The van der Waals surface area contributed by atoms with Crippen molar-refractivity contribution in [3.8, 4) is 0 Å². The van der Waals surface area contributed by atoms with E-state index in [1.807, 2.05) is 0 Å². The Hall–Kier alpha value is -2.27. The third-order valence-corrected chi connectivity index (χ3v) is 8.07. The Bertz CT molecular complexity index is 942. The van der Waals surface area contributed by atoms with Crippen LogP contribution in [0.5, 0.6) is 0 Å². The number of fused-ring (bicyclic) bond motifs is 4. The van der Waals surface area contributed by atoms with Gasteiger partial charge >= 0.3 is 17.9 Å². The minimum atomic E-state index is -2.03. The molecule has 3 fully saturated rings. The zero-order valence-corrected chi connectivity index (χ0v) is 19.8. The van der Waals surface area contributed by atoms with Gasteiger partial charge in [-0.05, 0) is 18.6 Å². The van der Waals surface area contributed by atoms with Gasteiger partial charge in [0.25, 0.3) is 0 Å². The molecular formula is C24H32O10. The molecule has 2 aliphatic heterocycles. The smallest absolute Gasteiger partial charge is 0.312 e. The summed E-state index contributed by atoms with van der Waals surface area (Å²) in [6.45, 7) is 7.06. The number of rotatable bonds is 3. The van der Waals surface area contributed by atoms with Gasteiger partial charge in [-0.3, -0.25) is 14.4 Å². The molecule has 10 heteroatoms. The molecule has 34 heavy (non-hydrogen) atoms. The lowest BCUT2D eigenvalue weighted by atomic mass is 9.54. The number of carbonyl (C=O) groups is 3. The highest BCUT2D eigenvalue weighted by molar-refractivity contribution is 5.77. The van der Waals surface area contributed by atoms with Crippen molar-refractivity contribution < 1.29 is 48.7 Å². The van der Waals surface area contributed by atoms with Crippen molar-refractivity contribution in [3.05, 3.63) is 23.8 Å². The Balaban J connectivity index is 1.95. The fourth-order valence-corrected chi connectivity index (χ4v) is 6.21. The van der Waals surface area contributed by atoms with E-state index in [0.29, 0.717) is 5.57 Å². The Morgan fingerprint density at radius 1 is 1.18 bits per heavy atom. The van der Waals surface area contributed by atoms with Crippen LogP contribution in [0.2, 0.25) is 0 Å². The molecule has 188 valence electrons. The van der Waals surface area contributed by atoms with E-state index >= 15 is 0 Å². The van der Waals surface area contributed by atoms with Crippen LogP contribution in [0.4, 0.5) is 0 Å². The van der Waals surface area contributed by atoms with Gasteiger partial charge in [-0.25, -0.2) is 0 Å². The van der Waals surface area contributed by atoms with E-state index < -0.39 is 89.9 Å². The average molecular weight is 481 g/mol. The molecule has 2 heterocycles. The summed E-state index contributed by atoms with van der Waals surface area (Å²) in [5.41, 5.74) is -2.83. The molecular weight excluding hydrogens is 448 g/mol.